The summed E-state index contributed by atoms with van der Waals surface area (Å²) in [5.74, 6) is 1.02. The van der Waals surface area contributed by atoms with Crippen molar-refractivity contribution in [2.24, 2.45) is 0 Å². The molecule has 0 atom stereocenters. The monoisotopic (exact) mass is 405 g/mol. The minimum atomic E-state index is -0.237. The number of pyridine rings is 1. The minimum absolute atomic E-state index is 0.0953. The molecule has 146 valence electrons. The molecule has 0 saturated carbocycles. The van der Waals surface area contributed by atoms with Crippen LogP contribution < -0.4 is 14.8 Å². The van der Waals surface area contributed by atoms with E-state index in [9.17, 15) is 4.79 Å². The number of carbonyl (C=O) groups is 1. The van der Waals surface area contributed by atoms with Crippen molar-refractivity contribution >= 4 is 33.3 Å². The van der Waals surface area contributed by atoms with Crippen LogP contribution >= 0.6 is 11.3 Å². The molecule has 2 aromatic heterocycles. The van der Waals surface area contributed by atoms with E-state index >= 15 is 0 Å². The van der Waals surface area contributed by atoms with E-state index in [-0.39, 0.29) is 12.5 Å². The van der Waals surface area contributed by atoms with E-state index in [0.717, 1.165) is 32.2 Å². The second kappa shape index (κ2) is 8.28. The molecule has 1 amide bonds. The molecule has 4 aromatic rings. The van der Waals surface area contributed by atoms with E-state index in [4.69, 9.17) is 9.47 Å². The lowest BCUT2D eigenvalue weighted by Gasteiger charge is -2.11. The van der Waals surface area contributed by atoms with E-state index in [1.54, 1.807) is 25.4 Å². The average molecular weight is 405 g/mol. The molecule has 0 saturated heterocycles. The topological polar surface area (TPSA) is 73.3 Å². The Labute approximate surface area is 172 Å². The Hall–Kier alpha value is -3.45. The number of hydrogen-bond donors (Lipinski definition) is 1. The van der Waals surface area contributed by atoms with Crippen LogP contribution in [0, 0.1) is 6.92 Å². The summed E-state index contributed by atoms with van der Waals surface area (Å²) in [6.07, 6.45) is 1.76. The largest absolute Gasteiger partial charge is 0.497 e. The van der Waals surface area contributed by atoms with E-state index in [1.807, 2.05) is 49.4 Å². The predicted molar refractivity (Wildman–Crippen MR) is 115 cm³/mol. The molecular formula is C22H19N3O3S. The zero-order chi connectivity index (χ0) is 20.2. The highest BCUT2D eigenvalue weighted by atomic mass is 32.1. The molecule has 0 bridgehead atoms. The van der Waals surface area contributed by atoms with Crippen LogP contribution in [0.3, 0.4) is 0 Å². The first-order chi connectivity index (χ1) is 14.1. The highest BCUT2D eigenvalue weighted by Gasteiger charge is 2.11. The van der Waals surface area contributed by atoms with Crippen molar-refractivity contribution in [3.05, 3.63) is 66.4 Å². The van der Waals surface area contributed by atoms with Gasteiger partial charge in [-0.1, -0.05) is 29.5 Å². The number of aryl methyl sites for hydroxylation is 1. The highest BCUT2D eigenvalue weighted by molar-refractivity contribution is 7.21. The van der Waals surface area contributed by atoms with Gasteiger partial charge in [-0.3, -0.25) is 4.79 Å². The number of rotatable bonds is 6. The molecule has 0 spiro atoms. The lowest BCUT2D eigenvalue weighted by atomic mass is 10.1. The van der Waals surface area contributed by atoms with E-state index < -0.39 is 0 Å². The third-order valence-electron chi connectivity index (χ3n) is 4.34. The second-order valence-electron chi connectivity index (χ2n) is 6.39. The molecule has 29 heavy (non-hydrogen) atoms. The number of amides is 1. The van der Waals surface area contributed by atoms with Crippen molar-refractivity contribution in [1.82, 2.24) is 9.97 Å². The number of aromatic nitrogens is 2. The predicted octanol–water partition coefficient (Wildman–Crippen LogP) is 4.69. The zero-order valence-electron chi connectivity index (χ0n) is 16.0. The van der Waals surface area contributed by atoms with Crippen LogP contribution in [-0.4, -0.2) is 29.6 Å². The Morgan fingerprint density at radius 3 is 2.79 bits per heavy atom. The van der Waals surface area contributed by atoms with Gasteiger partial charge in [0.15, 0.2) is 6.61 Å². The maximum absolute atomic E-state index is 12.4. The first-order valence-electron chi connectivity index (χ1n) is 9.01. The average Bonchev–Trinajstić information content (AvgIpc) is 3.18. The molecule has 0 radical (unpaired) electrons. The Morgan fingerprint density at radius 1 is 1.10 bits per heavy atom. The van der Waals surface area contributed by atoms with Gasteiger partial charge in [0.25, 0.3) is 5.91 Å². The van der Waals surface area contributed by atoms with Crippen LogP contribution in [-0.2, 0) is 4.79 Å². The van der Waals surface area contributed by atoms with Crippen molar-refractivity contribution in [2.75, 3.05) is 19.0 Å². The SMILES string of the molecule is COc1cccc(OCC(=O)Nc2cc(-c3nc4cccnc4s3)ccc2C)c1. The molecule has 2 aromatic carbocycles. The number of methoxy groups -OCH3 is 1. The summed E-state index contributed by atoms with van der Waals surface area (Å²) in [5.41, 5.74) is 3.49. The van der Waals surface area contributed by atoms with Crippen LogP contribution in [0.15, 0.2) is 60.8 Å². The van der Waals surface area contributed by atoms with Gasteiger partial charge in [0.2, 0.25) is 0 Å². The number of benzene rings is 2. The van der Waals surface area contributed by atoms with Crippen molar-refractivity contribution < 1.29 is 14.3 Å². The van der Waals surface area contributed by atoms with Crippen LogP contribution in [0.25, 0.3) is 20.9 Å². The fraction of sp³-hybridized carbons (Fsp3) is 0.136. The van der Waals surface area contributed by atoms with Crippen molar-refractivity contribution in [1.29, 1.82) is 0 Å². The molecule has 6 nitrogen and oxygen atoms in total. The Morgan fingerprint density at radius 2 is 1.97 bits per heavy atom. The normalized spacial score (nSPS) is 10.7. The molecule has 4 rings (SSSR count). The summed E-state index contributed by atoms with van der Waals surface area (Å²) in [6, 6.07) is 16.8. The Balaban J connectivity index is 1.48. The Bertz CT molecular complexity index is 1140. The van der Waals surface area contributed by atoms with Crippen molar-refractivity contribution in [3.8, 4) is 22.1 Å². The van der Waals surface area contributed by atoms with Gasteiger partial charge < -0.3 is 14.8 Å². The number of nitrogens with zero attached hydrogens (tertiary/aromatic N) is 2. The van der Waals surface area contributed by atoms with Gasteiger partial charge in [-0.2, -0.15) is 0 Å². The number of fused-ring (bicyclic) bond motifs is 1. The molecule has 0 unspecified atom stereocenters. The van der Waals surface area contributed by atoms with Gasteiger partial charge in [-0.05, 0) is 42.8 Å². The number of ether oxygens (including phenoxy) is 2. The minimum Gasteiger partial charge on any atom is -0.497 e. The number of carbonyl (C=O) groups excluding carboxylic acids is 1. The van der Waals surface area contributed by atoms with Crippen LogP contribution in [0.5, 0.6) is 11.5 Å². The number of thiazole rings is 1. The summed E-state index contributed by atoms with van der Waals surface area (Å²) in [7, 11) is 1.59. The van der Waals surface area contributed by atoms with Gasteiger partial charge in [-0.25, -0.2) is 9.97 Å². The van der Waals surface area contributed by atoms with E-state index in [1.165, 1.54) is 11.3 Å². The van der Waals surface area contributed by atoms with Gasteiger partial charge >= 0.3 is 0 Å². The molecule has 0 aliphatic heterocycles. The first kappa shape index (κ1) is 18.9. The number of anilines is 1. The number of hydrogen-bond acceptors (Lipinski definition) is 6. The molecule has 7 heteroatoms. The second-order valence-corrected chi connectivity index (χ2v) is 7.37. The molecule has 0 fully saturated rings. The highest BCUT2D eigenvalue weighted by Crippen LogP contribution is 2.31. The molecule has 2 heterocycles. The summed E-state index contributed by atoms with van der Waals surface area (Å²) in [6.45, 7) is 1.85. The smallest absolute Gasteiger partial charge is 0.262 e. The maximum atomic E-state index is 12.4. The lowest BCUT2D eigenvalue weighted by Crippen LogP contribution is -2.20. The molecular weight excluding hydrogens is 386 g/mol. The Kier molecular flexibility index (Phi) is 5.39. The summed E-state index contributed by atoms with van der Waals surface area (Å²) in [4.78, 5) is 22.3. The fourth-order valence-electron chi connectivity index (χ4n) is 2.81. The number of nitrogens with one attached hydrogen (secondary N) is 1. The quantitative estimate of drug-likeness (QED) is 0.504. The van der Waals surface area contributed by atoms with Gasteiger partial charge in [0.1, 0.15) is 26.9 Å². The van der Waals surface area contributed by atoms with Crippen molar-refractivity contribution in [2.45, 2.75) is 6.92 Å². The van der Waals surface area contributed by atoms with Crippen LogP contribution in [0.2, 0.25) is 0 Å². The van der Waals surface area contributed by atoms with Gasteiger partial charge in [-0.15, -0.1) is 0 Å². The summed E-state index contributed by atoms with van der Waals surface area (Å²) in [5, 5.41) is 3.78. The van der Waals surface area contributed by atoms with Gasteiger partial charge in [0, 0.05) is 23.5 Å². The summed E-state index contributed by atoms with van der Waals surface area (Å²) < 4.78 is 10.7. The molecule has 0 aliphatic rings. The first-order valence-corrected chi connectivity index (χ1v) is 9.83. The third kappa shape index (κ3) is 4.35. The van der Waals surface area contributed by atoms with E-state index in [2.05, 4.69) is 15.3 Å². The van der Waals surface area contributed by atoms with Gasteiger partial charge in [0.05, 0.1) is 7.11 Å². The van der Waals surface area contributed by atoms with Crippen molar-refractivity contribution in [3.63, 3.8) is 0 Å². The van der Waals surface area contributed by atoms with E-state index in [0.29, 0.717) is 11.5 Å². The third-order valence-corrected chi connectivity index (χ3v) is 5.36. The van der Waals surface area contributed by atoms with Crippen LogP contribution in [0.4, 0.5) is 5.69 Å². The summed E-state index contributed by atoms with van der Waals surface area (Å²) >= 11 is 1.52. The lowest BCUT2D eigenvalue weighted by molar-refractivity contribution is -0.118. The zero-order valence-corrected chi connectivity index (χ0v) is 16.8. The fourth-order valence-corrected chi connectivity index (χ4v) is 3.71. The van der Waals surface area contributed by atoms with Crippen LogP contribution in [0.1, 0.15) is 5.56 Å². The molecule has 1 N–H and O–H groups in total. The molecule has 0 aliphatic carbocycles. The standard InChI is InChI=1S/C22H19N3O3S/c1-14-8-9-15(21-25-18-7-4-10-23-22(18)29-21)11-19(14)24-20(26)13-28-17-6-3-5-16(12-17)27-2/h3-12H,13H2,1-2H3,(H,24,26). The maximum Gasteiger partial charge on any atom is 0.262 e.